The second kappa shape index (κ2) is 37.4. The Hall–Kier alpha value is -3.30. The molecule has 0 aromatic carbocycles. The van der Waals surface area contributed by atoms with Crippen molar-refractivity contribution < 1.29 is 122 Å². The van der Waals surface area contributed by atoms with Gasteiger partial charge in [0.15, 0.2) is 0 Å². The molecule has 1 rings (SSSR count). The number of ether oxygens (including phenoxy) is 1. The van der Waals surface area contributed by atoms with Crippen LogP contribution < -0.4 is 107 Å². The van der Waals surface area contributed by atoms with Gasteiger partial charge in [-0.3, -0.25) is 33.6 Å². The molecule has 22 heteroatoms. The van der Waals surface area contributed by atoms with Gasteiger partial charge < -0.3 is 61.8 Å². The van der Waals surface area contributed by atoms with Crippen LogP contribution in [0.25, 0.3) is 0 Å². The van der Waals surface area contributed by atoms with Crippen LogP contribution in [0.1, 0.15) is 179 Å². The standard InChI is InChI=1S/C51H89N7O13.2Na/c1-28(2)18-16-14-13-15-17-19-34-26-41(59)52-35(20-21-42(60)61)45(64)53-36(22-29(3)4)46(65)55-38(24-31(7)8)49(68)58-44(33(11)12)50(69)56-39(27-43(62)63)48(67)54-37(23-30(5)6)47(66)57-40(25-32(9)10)51(70)71-34;;/h28-40,44H,13-27H2,1-12H3,(H,52,59)(H,53,64)(H,54,67)(H,55,65)(H,56,69)(H,57,66)(H,58,68)(H,60,61)(H,62,63);;/q;2*+1/p-2/t34-,35+,36+,37-,38-,39+,40+,44+;;/m1../s1. The first kappa shape index (κ1) is 71.8. The van der Waals surface area contributed by atoms with Crippen molar-refractivity contribution in [1.29, 1.82) is 0 Å². The van der Waals surface area contributed by atoms with Crippen molar-refractivity contribution in [3.8, 4) is 0 Å². The number of carboxylic acids is 2. The Morgan fingerprint density at radius 2 is 0.863 bits per heavy atom. The van der Waals surface area contributed by atoms with E-state index in [-0.39, 0.29) is 115 Å². The van der Waals surface area contributed by atoms with Crippen LogP contribution in [0, 0.1) is 35.5 Å². The van der Waals surface area contributed by atoms with Crippen LogP contribution in [-0.4, -0.2) is 108 Å². The molecule has 1 aliphatic heterocycles. The first-order valence-corrected chi connectivity index (χ1v) is 25.8. The number of aliphatic carboxylic acids is 2. The van der Waals surface area contributed by atoms with Crippen LogP contribution in [-0.2, 0) is 52.7 Å². The number of unbranched alkanes of at least 4 members (excludes halogenated alkanes) is 4. The van der Waals surface area contributed by atoms with E-state index in [4.69, 9.17) is 4.74 Å². The number of amides is 7. The van der Waals surface area contributed by atoms with Crippen molar-refractivity contribution in [3.63, 3.8) is 0 Å². The second-order valence-corrected chi connectivity index (χ2v) is 21.7. The maximum atomic E-state index is 14.1. The Morgan fingerprint density at radius 3 is 1.30 bits per heavy atom. The van der Waals surface area contributed by atoms with Crippen molar-refractivity contribution >= 4 is 59.3 Å². The Bertz CT molecular complexity index is 1780. The molecule has 1 aliphatic rings. The predicted molar refractivity (Wildman–Crippen MR) is 262 cm³/mol. The largest absolute Gasteiger partial charge is 1.00 e. The van der Waals surface area contributed by atoms with Crippen LogP contribution in [0.15, 0.2) is 0 Å². The number of carbonyl (C=O) groups excluding carboxylic acids is 10. The molecule has 0 bridgehead atoms. The third-order valence-corrected chi connectivity index (χ3v) is 11.9. The van der Waals surface area contributed by atoms with E-state index < -0.39 is 139 Å². The smallest absolute Gasteiger partial charge is 0.550 e. The van der Waals surface area contributed by atoms with Crippen LogP contribution in [0.2, 0.25) is 0 Å². The van der Waals surface area contributed by atoms with Gasteiger partial charge >= 0.3 is 65.1 Å². The van der Waals surface area contributed by atoms with E-state index >= 15 is 0 Å². The van der Waals surface area contributed by atoms with Gasteiger partial charge in [-0.15, -0.1) is 0 Å². The number of carboxylic acid groups (broad SMARTS) is 2. The molecule has 0 saturated carbocycles. The van der Waals surface area contributed by atoms with Gasteiger partial charge in [0.25, 0.3) is 0 Å². The second-order valence-electron chi connectivity index (χ2n) is 21.7. The summed E-state index contributed by atoms with van der Waals surface area (Å²) in [6, 6.07) is -9.86. The van der Waals surface area contributed by atoms with Crippen molar-refractivity contribution in [2.24, 2.45) is 35.5 Å². The fraction of sp³-hybridized carbons (Fsp3) is 0.804. The quantitative estimate of drug-likeness (QED) is 0.0307. The van der Waals surface area contributed by atoms with Crippen LogP contribution in [0.4, 0.5) is 0 Å². The number of hydrogen-bond donors (Lipinski definition) is 7. The minimum absolute atomic E-state index is 0. The first-order chi connectivity index (χ1) is 33.1. The van der Waals surface area contributed by atoms with E-state index in [1.54, 1.807) is 55.4 Å². The summed E-state index contributed by atoms with van der Waals surface area (Å²) in [6.45, 7) is 21.8. The van der Waals surface area contributed by atoms with E-state index in [0.29, 0.717) is 12.3 Å². The van der Waals surface area contributed by atoms with Gasteiger partial charge in [0.05, 0.1) is 6.42 Å². The average Bonchev–Trinajstić information content (AvgIpc) is 3.23. The molecule has 7 amide bonds. The molecule has 1 saturated heterocycles. The van der Waals surface area contributed by atoms with Gasteiger partial charge in [0.1, 0.15) is 48.4 Å². The summed E-state index contributed by atoms with van der Waals surface area (Å²) in [7, 11) is 0. The van der Waals surface area contributed by atoms with E-state index in [9.17, 15) is 58.2 Å². The van der Waals surface area contributed by atoms with Gasteiger partial charge in [-0.05, 0) is 86.9 Å². The molecule has 0 spiro atoms. The van der Waals surface area contributed by atoms with Gasteiger partial charge in [0.2, 0.25) is 41.4 Å². The summed E-state index contributed by atoms with van der Waals surface area (Å²) in [5, 5.41) is 41.8. The van der Waals surface area contributed by atoms with Gasteiger partial charge in [0, 0.05) is 18.4 Å². The Balaban J connectivity index is 0. The van der Waals surface area contributed by atoms with E-state index in [2.05, 4.69) is 51.1 Å². The SMILES string of the molecule is CC(C)CCCCCCC[C@@H]1CC(=O)N[C@@H](CCC(=O)[O-])C(=O)N[C@@H](CC(C)C)C(=O)N[C@H](CC(C)C)C(=O)N[C@@H](C(C)C)C(=O)N[C@@H](CC(=O)[O-])C(=O)N[C@H](CC(C)C)C(=O)N[C@@H](CC(C)C)C(=O)O1.[Na+].[Na+]. The molecule has 73 heavy (non-hydrogen) atoms. The maximum absolute atomic E-state index is 14.1. The summed E-state index contributed by atoms with van der Waals surface area (Å²) < 4.78 is 6.00. The molecular formula is C51H87N7Na2O13. The van der Waals surface area contributed by atoms with Crippen LogP contribution >= 0.6 is 0 Å². The third-order valence-electron chi connectivity index (χ3n) is 11.9. The summed E-state index contributed by atoms with van der Waals surface area (Å²) in [4.78, 5) is 136. The number of esters is 1. The van der Waals surface area contributed by atoms with Crippen molar-refractivity contribution in [1.82, 2.24) is 37.2 Å². The molecular weight excluding hydrogens is 965 g/mol. The minimum Gasteiger partial charge on any atom is -0.550 e. The zero-order valence-corrected chi connectivity index (χ0v) is 50.5. The Morgan fingerprint density at radius 1 is 0.466 bits per heavy atom. The molecule has 0 radical (unpaired) electrons. The molecule has 1 fully saturated rings. The molecule has 0 aromatic rings. The normalized spacial score (nSPS) is 23.7. The van der Waals surface area contributed by atoms with E-state index in [1.807, 2.05) is 13.8 Å². The summed E-state index contributed by atoms with van der Waals surface area (Å²) in [5.41, 5.74) is 0. The number of hydrogen-bond acceptors (Lipinski definition) is 13. The molecule has 8 atom stereocenters. The van der Waals surface area contributed by atoms with Crippen molar-refractivity contribution in [2.75, 3.05) is 0 Å². The zero-order chi connectivity index (χ0) is 54.1. The Labute approximate surface area is 478 Å². The summed E-state index contributed by atoms with van der Waals surface area (Å²) >= 11 is 0. The third kappa shape index (κ3) is 30.7. The van der Waals surface area contributed by atoms with Gasteiger partial charge in [-0.2, -0.15) is 0 Å². The molecule has 1 heterocycles. The van der Waals surface area contributed by atoms with E-state index in [1.165, 1.54) is 0 Å². The molecule has 7 N–H and O–H groups in total. The zero-order valence-electron chi connectivity index (χ0n) is 46.5. The molecule has 20 nitrogen and oxygen atoms in total. The van der Waals surface area contributed by atoms with Crippen molar-refractivity contribution in [2.45, 2.75) is 228 Å². The molecule has 0 aromatic heterocycles. The van der Waals surface area contributed by atoms with Gasteiger partial charge in [-0.25, -0.2) is 4.79 Å². The minimum atomic E-state index is -1.79. The topological polar surface area (TPSA) is 310 Å². The maximum Gasteiger partial charge on any atom is 1.00 e. The average molecular weight is 1050 g/mol. The number of nitrogens with one attached hydrogen (secondary N) is 7. The summed E-state index contributed by atoms with van der Waals surface area (Å²) in [5.74, 6) is -11.0. The van der Waals surface area contributed by atoms with Crippen LogP contribution in [0.3, 0.4) is 0 Å². The monoisotopic (exact) mass is 1050 g/mol. The number of rotatable bonds is 22. The predicted octanol–water partition coefficient (Wildman–Crippen LogP) is -4.40. The van der Waals surface area contributed by atoms with Crippen LogP contribution in [0.5, 0.6) is 0 Å². The van der Waals surface area contributed by atoms with E-state index in [0.717, 1.165) is 32.1 Å². The summed E-state index contributed by atoms with van der Waals surface area (Å²) in [6.07, 6.45) is 2.13. The number of cyclic esters (lactones) is 1. The van der Waals surface area contributed by atoms with Crippen molar-refractivity contribution in [3.05, 3.63) is 0 Å². The molecule has 0 unspecified atom stereocenters. The van der Waals surface area contributed by atoms with Gasteiger partial charge in [-0.1, -0.05) is 115 Å². The number of carbonyl (C=O) groups is 10. The fourth-order valence-corrected chi connectivity index (χ4v) is 8.20. The Kier molecular flexibility index (Phi) is 36.8. The first-order valence-electron chi connectivity index (χ1n) is 25.8. The molecule has 0 aliphatic carbocycles. The molecule has 406 valence electrons. The fourth-order valence-electron chi connectivity index (χ4n) is 8.20.